The fraction of sp³-hybridized carbons (Fsp3) is 0.111. The van der Waals surface area contributed by atoms with Crippen molar-refractivity contribution in [3.8, 4) is 0 Å². The molecule has 0 saturated carbocycles. The molecule has 2 N–H and O–H groups in total. The molecule has 0 aliphatic carbocycles. The SMILES string of the molecule is O=C(CBr)NC(=O)Nc1ccccc1. The standard InChI is InChI=1S/C9H9BrN2O2/c10-6-8(13)12-9(14)11-7-4-2-1-3-5-7/h1-5H,6H2,(H2,11,12,13,14). The van der Waals surface area contributed by atoms with Crippen LogP contribution in [0.15, 0.2) is 30.3 Å². The molecule has 0 unspecified atom stereocenters. The monoisotopic (exact) mass is 256 g/mol. The molecule has 0 radical (unpaired) electrons. The second kappa shape index (κ2) is 5.39. The van der Waals surface area contributed by atoms with Crippen molar-refractivity contribution in [2.24, 2.45) is 0 Å². The van der Waals surface area contributed by atoms with E-state index in [1.165, 1.54) is 0 Å². The normalized spacial score (nSPS) is 9.21. The van der Waals surface area contributed by atoms with Gasteiger partial charge in [-0.2, -0.15) is 0 Å². The summed E-state index contributed by atoms with van der Waals surface area (Å²) in [6.45, 7) is 0. The predicted octanol–water partition coefficient (Wildman–Crippen LogP) is 1.73. The first-order valence-electron chi connectivity index (χ1n) is 3.94. The van der Waals surface area contributed by atoms with Crippen LogP contribution in [0.1, 0.15) is 0 Å². The molecule has 0 fully saturated rings. The van der Waals surface area contributed by atoms with E-state index in [2.05, 4.69) is 26.6 Å². The third kappa shape index (κ3) is 3.57. The van der Waals surface area contributed by atoms with E-state index in [-0.39, 0.29) is 11.2 Å². The summed E-state index contributed by atoms with van der Waals surface area (Å²) in [7, 11) is 0. The number of halogens is 1. The van der Waals surface area contributed by atoms with Gasteiger partial charge in [-0.15, -0.1) is 0 Å². The molecule has 1 aromatic rings. The van der Waals surface area contributed by atoms with E-state index in [4.69, 9.17) is 0 Å². The molecule has 5 heteroatoms. The minimum absolute atomic E-state index is 0.106. The Morgan fingerprint density at radius 3 is 2.43 bits per heavy atom. The minimum Gasteiger partial charge on any atom is -0.308 e. The lowest BCUT2D eigenvalue weighted by Crippen LogP contribution is -2.34. The molecule has 0 aromatic heterocycles. The van der Waals surface area contributed by atoms with Crippen LogP contribution >= 0.6 is 15.9 Å². The van der Waals surface area contributed by atoms with E-state index < -0.39 is 6.03 Å². The number of nitrogens with one attached hydrogen (secondary N) is 2. The maximum atomic E-state index is 11.1. The highest BCUT2D eigenvalue weighted by Crippen LogP contribution is 2.03. The highest BCUT2D eigenvalue weighted by Gasteiger charge is 2.04. The van der Waals surface area contributed by atoms with Crippen LogP contribution in [0, 0.1) is 0 Å². The number of hydrogen-bond donors (Lipinski definition) is 2. The highest BCUT2D eigenvalue weighted by molar-refractivity contribution is 9.09. The van der Waals surface area contributed by atoms with Gasteiger partial charge >= 0.3 is 6.03 Å². The van der Waals surface area contributed by atoms with Gasteiger partial charge in [0.15, 0.2) is 0 Å². The van der Waals surface area contributed by atoms with Crippen LogP contribution in [-0.2, 0) is 4.79 Å². The van der Waals surface area contributed by atoms with Crippen LogP contribution in [-0.4, -0.2) is 17.3 Å². The lowest BCUT2D eigenvalue weighted by Gasteiger charge is -2.04. The molecule has 0 aliphatic heterocycles. The summed E-state index contributed by atoms with van der Waals surface area (Å²) in [5.41, 5.74) is 0.646. The Labute approximate surface area is 89.8 Å². The third-order valence-electron chi connectivity index (χ3n) is 1.41. The van der Waals surface area contributed by atoms with Crippen LogP contribution < -0.4 is 10.6 Å². The largest absolute Gasteiger partial charge is 0.325 e. The number of amides is 3. The molecule has 0 heterocycles. The van der Waals surface area contributed by atoms with Gasteiger partial charge in [0, 0.05) is 5.69 Å². The van der Waals surface area contributed by atoms with Crippen molar-refractivity contribution in [3.05, 3.63) is 30.3 Å². The zero-order valence-corrected chi connectivity index (χ0v) is 8.87. The molecular weight excluding hydrogens is 248 g/mol. The van der Waals surface area contributed by atoms with Gasteiger partial charge in [-0.05, 0) is 12.1 Å². The van der Waals surface area contributed by atoms with E-state index in [1.807, 2.05) is 6.07 Å². The number of carbonyl (C=O) groups is 2. The predicted molar refractivity (Wildman–Crippen MR) is 57.4 cm³/mol. The fourth-order valence-corrected chi connectivity index (χ4v) is 0.984. The van der Waals surface area contributed by atoms with Crippen LogP contribution in [0.2, 0.25) is 0 Å². The van der Waals surface area contributed by atoms with E-state index in [1.54, 1.807) is 24.3 Å². The highest BCUT2D eigenvalue weighted by atomic mass is 79.9. The van der Waals surface area contributed by atoms with Gasteiger partial charge in [-0.25, -0.2) is 4.79 Å². The first kappa shape index (κ1) is 10.7. The molecule has 0 aliphatic rings. The maximum absolute atomic E-state index is 11.1. The van der Waals surface area contributed by atoms with Crippen molar-refractivity contribution in [3.63, 3.8) is 0 Å². The number of benzene rings is 1. The van der Waals surface area contributed by atoms with Gasteiger partial charge in [0.1, 0.15) is 0 Å². The number of rotatable bonds is 2. The number of alkyl halides is 1. The first-order valence-corrected chi connectivity index (χ1v) is 5.06. The molecule has 74 valence electrons. The molecule has 0 spiro atoms. The second-order valence-corrected chi connectivity index (χ2v) is 3.06. The van der Waals surface area contributed by atoms with Gasteiger partial charge in [0.25, 0.3) is 0 Å². The Bertz CT molecular complexity index is 327. The quantitative estimate of drug-likeness (QED) is 0.792. The summed E-state index contributed by atoms with van der Waals surface area (Å²) in [4.78, 5) is 21.9. The molecule has 0 bridgehead atoms. The molecule has 3 amide bonds. The first-order chi connectivity index (χ1) is 6.72. The molecule has 4 nitrogen and oxygen atoms in total. The Hall–Kier alpha value is -1.36. The Morgan fingerprint density at radius 1 is 1.21 bits per heavy atom. The third-order valence-corrected chi connectivity index (χ3v) is 1.92. The fourth-order valence-electron chi connectivity index (χ4n) is 0.844. The minimum atomic E-state index is -0.527. The maximum Gasteiger partial charge on any atom is 0.325 e. The average molecular weight is 257 g/mol. The van der Waals surface area contributed by atoms with Crippen molar-refractivity contribution in [1.29, 1.82) is 0 Å². The summed E-state index contributed by atoms with van der Waals surface area (Å²) >= 11 is 2.94. The van der Waals surface area contributed by atoms with Crippen LogP contribution in [0.5, 0.6) is 0 Å². The second-order valence-electron chi connectivity index (χ2n) is 2.50. The molecule has 0 atom stereocenters. The van der Waals surface area contributed by atoms with Gasteiger partial charge < -0.3 is 5.32 Å². The summed E-state index contributed by atoms with van der Waals surface area (Å²) in [6, 6.07) is 8.37. The van der Waals surface area contributed by atoms with Crippen molar-refractivity contribution < 1.29 is 9.59 Å². The van der Waals surface area contributed by atoms with Crippen LogP contribution in [0.4, 0.5) is 10.5 Å². The van der Waals surface area contributed by atoms with Crippen molar-refractivity contribution in [2.75, 3.05) is 10.6 Å². The van der Waals surface area contributed by atoms with E-state index in [9.17, 15) is 9.59 Å². The number of para-hydroxylation sites is 1. The van der Waals surface area contributed by atoms with E-state index in [0.717, 1.165) is 0 Å². The van der Waals surface area contributed by atoms with Crippen molar-refractivity contribution in [2.45, 2.75) is 0 Å². The van der Waals surface area contributed by atoms with Crippen molar-refractivity contribution >= 4 is 33.6 Å². The molecule has 0 saturated heterocycles. The zero-order chi connectivity index (χ0) is 10.4. The molecular formula is C9H9BrN2O2. The van der Waals surface area contributed by atoms with Gasteiger partial charge in [-0.1, -0.05) is 34.1 Å². The van der Waals surface area contributed by atoms with Crippen LogP contribution in [0.25, 0.3) is 0 Å². The lowest BCUT2D eigenvalue weighted by molar-refractivity contribution is -0.117. The number of imide groups is 1. The summed E-state index contributed by atoms with van der Waals surface area (Å²) in [6.07, 6.45) is 0. The van der Waals surface area contributed by atoms with Gasteiger partial charge in [0.05, 0.1) is 5.33 Å². The number of anilines is 1. The number of carbonyl (C=O) groups excluding carboxylic acids is 2. The Morgan fingerprint density at radius 2 is 1.86 bits per heavy atom. The van der Waals surface area contributed by atoms with Gasteiger partial charge in [0.2, 0.25) is 5.91 Å². The molecule has 1 rings (SSSR count). The summed E-state index contributed by atoms with van der Waals surface area (Å²) in [5, 5.41) is 4.76. The van der Waals surface area contributed by atoms with Crippen LogP contribution in [0.3, 0.4) is 0 Å². The average Bonchev–Trinajstić information content (AvgIpc) is 2.19. The van der Waals surface area contributed by atoms with E-state index >= 15 is 0 Å². The Kier molecular flexibility index (Phi) is 4.12. The van der Waals surface area contributed by atoms with Gasteiger partial charge in [-0.3, -0.25) is 10.1 Å². The Balaban J connectivity index is 2.46. The molecule has 1 aromatic carbocycles. The zero-order valence-electron chi connectivity index (χ0n) is 7.29. The molecule has 14 heavy (non-hydrogen) atoms. The number of hydrogen-bond acceptors (Lipinski definition) is 2. The number of urea groups is 1. The lowest BCUT2D eigenvalue weighted by atomic mass is 10.3. The summed E-state index contributed by atoms with van der Waals surface area (Å²) < 4.78 is 0. The van der Waals surface area contributed by atoms with E-state index in [0.29, 0.717) is 5.69 Å². The summed E-state index contributed by atoms with van der Waals surface area (Å²) in [5.74, 6) is -0.376. The topological polar surface area (TPSA) is 58.2 Å². The smallest absolute Gasteiger partial charge is 0.308 e. The van der Waals surface area contributed by atoms with Crippen molar-refractivity contribution in [1.82, 2.24) is 5.32 Å².